The summed E-state index contributed by atoms with van der Waals surface area (Å²) in [6, 6.07) is 0. The number of hydrogen-bond donors (Lipinski definition) is 0. The van der Waals surface area contributed by atoms with E-state index >= 15 is 0 Å². The summed E-state index contributed by atoms with van der Waals surface area (Å²) in [4.78, 5) is 0. The van der Waals surface area contributed by atoms with Crippen LogP contribution in [0.5, 0.6) is 0 Å². The van der Waals surface area contributed by atoms with Crippen LogP contribution in [0, 0.1) is 23.2 Å². The van der Waals surface area contributed by atoms with Gasteiger partial charge in [-0.15, -0.1) is 0 Å². The summed E-state index contributed by atoms with van der Waals surface area (Å²) in [5.74, 6) is -7.30. The van der Waals surface area contributed by atoms with E-state index in [0.29, 0.717) is 13.8 Å². The van der Waals surface area contributed by atoms with Crippen LogP contribution in [-0.2, 0) is 0 Å². The van der Waals surface area contributed by atoms with Crippen molar-refractivity contribution in [3.05, 3.63) is 0 Å². The van der Waals surface area contributed by atoms with E-state index in [1.807, 2.05) is 0 Å². The third-order valence-corrected chi connectivity index (χ3v) is 3.67. The molecule has 18 heavy (non-hydrogen) atoms. The topological polar surface area (TPSA) is 0 Å². The first-order chi connectivity index (χ1) is 7.69. The van der Waals surface area contributed by atoms with E-state index in [4.69, 9.17) is 0 Å². The molecular formula is C9H9F9. The quantitative estimate of drug-likeness (QED) is 0.620. The minimum absolute atomic E-state index is 0.348. The summed E-state index contributed by atoms with van der Waals surface area (Å²) >= 11 is 0. The molecule has 0 spiro atoms. The van der Waals surface area contributed by atoms with Crippen molar-refractivity contribution in [2.45, 2.75) is 32.4 Å². The van der Waals surface area contributed by atoms with Crippen LogP contribution in [0.4, 0.5) is 39.5 Å². The van der Waals surface area contributed by atoms with Crippen LogP contribution in [0.3, 0.4) is 0 Å². The third-order valence-electron chi connectivity index (χ3n) is 3.67. The van der Waals surface area contributed by atoms with Gasteiger partial charge in [0.15, 0.2) is 5.41 Å². The number of alkyl halides is 9. The Morgan fingerprint density at radius 2 is 1.17 bits per heavy atom. The van der Waals surface area contributed by atoms with Crippen LogP contribution in [-0.4, -0.2) is 18.5 Å². The van der Waals surface area contributed by atoms with Gasteiger partial charge in [0.25, 0.3) is 0 Å². The molecule has 0 saturated heterocycles. The second-order valence-electron chi connectivity index (χ2n) is 4.51. The zero-order valence-electron chi connectivity index (χ0n) is 9.13. The van der Waals surface area contributed by atoms with Gasteiger partial charge in [-0.05, 0) is 11.8 Å². The highest BCUT2D eigenvalue weighted by Gasteiger charge is 2.89. The van der Waals surface area contributed by atoms with Crippen molar-refractivity contribution < 1.29 is 39.5 Å². The second-order valence-corrected chi connectivity index (χ2v) is 4.51. The molecule has 0 radical (unpaired) electrons. The molecular weight excluding hydrogens is 279 g/mol. The average molecular weight is 288 g/mol. The predicted octanol–water partition coefficient (Wildman–Crippen LogP) is 4.56. The van der Waals surface area contributed by atoms with E-state index in [0.717, 1.165) is 0 Å². The van der Waals surface area contributed by atoms with Crippen molar-refractivity contribution in [1.29, 1.82) is 0 Å². The van der Waals surface area contributed by atoms with E-state index in [1.165, 1.54) is 0 Å². The first kappa shape index (κ1) is 15.4. The number of halogens is 9. The van der Waals surface area contributed by atoms with Crippen LogP contribution in [0.15, 0.2) is 0 Å². The van der Waals surface area contributed by atoms with Crippen LogP contribution < -0.4 is 0 Å². The van der Waals surface area contributed by atoms with E-state index in [2.05, 4.69) is 0 Å². The van der Waals surface area contributed by atoms with Crippen molar-refractivity contribution in [3.63, 3.8) is 0 Å². The Balaban J connectivity index is 3.21. The number of hydrogen-bond acceptors (Lipinski definition) is 0. The molecule has 0 bridgehead atoms. The lowest BCUT2D eigenvalue weighted by Gasteiger charge is -2.26. The fourth-order valence-corrected chi connectivity index (χ4v) is 2.68. The van der Waals surface area contributed by atoms with Gasteiger partial charge in [0.2, 0.25) is 0 Å². The van der Waals surface area contributed by atoms with Gasteiger partial charge in [0.1, 0.15) is 0 Å². The van der Waals surface area contributed by atoms with E-state index in [-0.39, 0.29) is 0 Å². The van der Waals surface area contributed by atoms with Gasteiger partial charge in [-0.2, -0.15) is 39.5 Å². The summed E-state index contributed by atoms with van der Waals surface area (Å²) in [5.41, 5.74) is -4.24. The lowest BCUT2D eigenvalue weighted by molar-refractivity contribution is -0.315. The minimum atomic E-state index is -5.74. The van der Waals surface area contributed by atoms with Crippen molar-refractivity contribution in [1.82, 2.24) is 0 Å². The molecule has 0 aromatic heterocycles. The number of rotatable bonds is 1. The Labute approximate surface area is 96.1 Å². The van der Waals surface area contributed by atoms with E-state index < -0.39 is 41.7 Å². The molecule has 0 N–H and O–H groups in total. The normalized spacial score (nSPS) is 30.2. The summed E-state index contributed by atoms with van der Waals surface area (Å²) in [5, 5.41) is 0. The van der Waals surface area contributed by atoms with Gasteiger partial charge in [-0.25, -0.2) is 0 Å². The molecule has 3 unspecified atom stereocenters. The van der Waals surface area contributed by atoms with Crippen LogP contribution >= 0.6 is 0 Å². The molecule has 1 aliphatic carbocycles. The molecule has 1 rings (SSSR count). The van der Waals surface area contributed by atoms with Crippen LogP contribution in [0.2, 0.25) is 0 Å². The molecule has 0 aliphatic heterocycles. The van der Waals surface area contributed by atoms with E-state index in [9.17, 15) is 39.5 Å². The predicted molar refractivity (Wildman–Crippen MR) is 42.4 cm³/mol. The molecule has 1 fully saturated rings. The van der Waals surface area contributed by atoms with Gasteiger partial charge < -0.3 is 0 Å². The summed E-state index contributed by atoms with van der Waals surface area (Å²) in [7, 11) is 0. The summed E-state index contributed by atoms with van der Waals surface area (Å²) < 4.78 is 112. The SMILES string of the molecule is CC(C1C(C)C1(C(F)(F)F)C(F)(F)F)C(F)(F)F. The van der Waals surface area contributed by atoms with Gasteiger partial charge in [-0.3, -0.25) is 0 Å². The zero-order chi connectivity index (χ0) is 14.7. The smallest absolute Gasteiger partial charge is 0.171 e. The van der Waals surface area contributed by atoms with Gasteiger partial charge in [0, 0.05) is 0 Å². The molecule has 0 amide bonds. The molecule has 3 atom stereocenters. The Hall–Kier alpha value is -0.630. The molecule has 108 valence electrons. The Morgan fingerprint density at radius 3 is 1.33 bits per heavy atom. The highest BCUT2D eigenvalue weighted by atomic mass is 19.4. The Morgan fingerprint density at radius 1 is 0.833 bits per heavy atom. The van der Waals surface area contributed by atoms with Crippen LogP contribution in [0.25, 0.3) is 0 Å². The first-order valence-electron chi connectivity index (χ1n) is 4.89. The minimum Gasteiger partial charge on any atom is -0.171 e. The molecule has 0 nitrogen and oxygen atoms in total. The first-order valence-corrected chi connectivity index (χ1v) is 4.89. The maximum atomic E-state index is 12.6. The van der Waals surface area contributed by atoms with Gasteiger partial charge in [0.05, 0.1) is 5.92 Å². The van der Waals surface area contributed by atoms with Gasteiger partial charge in [-0.1, -0.05) is 13.8 Å². The highest BCUT2D eigenvalue weighted by molar-refractivity contribution is 5.18. The largest absolute Gasteiger partial charge is 0.403 e. The standard InChI is InChI=1S/C9H9F9/c1-3-5(4(2)7(10,11)12)6(3,8(13,14)15)9(16,17)18/h3-5H,1-2H3. The molecule has 1 aliphatic rings. The second kappa shape index (κ2) is 3.69. The fraction of sp³-hybridized carbons (Fsp3) is 1.00. The van der Waals surface area contributed by atoms with Crippen molar-refractivity contribution in [3.8, 4) is 0 Å². The lowest BCUT2D eigenvalue weighted by Crippen LogP contribution is -2.43. The fourth-order valence-electron chi connectivity index (χ4n) is 2.68. The maximum Gasteiger partial charge on any atom is 0.403 e. The molecule has 0 aromatic rings. The van der Waals surface area contributed by atoms with Crippen LogP contribution in [0.1, 0.15) is 13.8 Å². The van der Waals surface area contributed by atoms with Crippen molar-refractivity contribution in [2.75, 3.05) is 0 Å². The summed E-state index contributed by atoms with van der Waals surface area (Å²) in [6.07, 6.45) is -16.6. The maximum absolute atomic E-state index is 12.6. The van der Waals surface area contributed by atoms with Crippen molar-refractivity contribution >= 4 is 0 Å². The Bertz CT molecular complexity index is 306. The zero-order valence-corrected chi connectivity index (χ0v) is 9.13. The third kappa shape index (κ3) is 1.85. The lowest BCUT2D eigenvalue weighted by atomic mass is 9.94. The van der Waals surface area contributed by atoms with Gasteiger partial charge >= 0.3 is 18.5 Å². The monoisotopic (exact) mass is 288 g/mol. The average Bonchev–Trinajstić information content (AvgIpc) is 2.67. The molecule has 9 heteroatoms. The van der Waals surface area contributed by atoms with E-state index in [1.54, 1.807) is 0 Å². The highest BCUT2D eigenvalue weighted by Crippen LogP contribution is 2.76. The molecule has 0 aromatic carbocycles. The Kier molecular flexibility index (Phi) is 3.16. The van der Waals surface area contributed by atoms with Crippen molar-refractivity contribution in [2.24, 2.45) is 23.2 Å². The molecule has 0 heterocycles. The molecule has 1 saturated carbocycles. The summed E-state index contributed by atoms with van der Waals surface area (Å²) in [6.45, 7) is 0.897.